The van der Waals surface area contributed by atoms with Crippen LogP contribution in [0, 0.1) is 9.39 Å². The molecule has 0 aliphatic carbocycles. The molecule has 2 aliphatic rings. The number of benzene rings is 1. The summed E-state index contributed by atoms with van der Waals surface area (Å²) in [5.74, 6) is -0.279. The second-order valence-electron chi connectivity index (χ2n) is 5.27. The van der Waals surface area contributed by atoms with E-state index in [4.69, 9.17) is 0 Å². The standard InChI is InChI=1S/C15H16FIN4/c1-20-6-5-13(11-8-18-9-21(2)15(11)20)19-14-4-3-10(17)7-12(14)16/h3-4,7-9,15H,5-6H2,1-2H3. The fourth-order valence-corrected chi connectivity index (χ4v) is 3.18. The summed E-state index contributed by atoms with van der Waals surface area (Å²) < 4.78 is 14.9. The van der Waals surface area contributed by atoms with Crippen molar-refractivity contribution in [3.05, 3.63) is 39.4 Å². The van der Waals surface area contributed by atoms with Gasteiger partial charge in [-0.1, -0.05) is 0 Å². The highest BCUT2D eigenvalue weighted by Gasteiger charge is 2.32. The number of nitrogens with zero attached hydrogens (tertiary/aromatic N) is 4. The van der Waals surface area contributed by atoms with Gasteiger partial charge in [0.25, 0.3) is 0 Å². The third-order valence-electron chi connectivity index (χ3n) is 3.74. The van der Waals surface area contributed by atoms with Crippen LogP contribution < -0.4 is 0 Å². The lowest BCUT2D eigenvalue weighted by molar-refractivity contribution is 0.168. The lowest BCUT2D eigenvalue weighted by Crippen LogP contribution is -2.52. The van der Waals surface area contributed by atoms with Gasteiger partial charge >= 0.3 is 0 Å². The van der Waals surface area contributed by atoms with Gasteiger partial charge in [-0.3, -0.25) is 4.90 Å². The minimum Gasteiger partial charge on any atom is -0.346 e. The lowest BCUT2D eigenvalue weighted by Gasteiger charge is -2.41. The molecule has 0 saturated carbocycles. The summed E-state index contributed by atoms with van der Waals surface area (Å²) >= 11 is 2.10. The molecule has 110 valence electrons. The first-order valence-electron chi connectivity index (χ1n) is 6.75. The Morgan fingerprint density at radius 1 is 1.38 bits per heavy atom. The van der Waals surface area contributed by atoms with Crippen molar-refractivity contribution in [1.82, 2.24) is 9.80 Å². The number of rotatable bonds is 1. The van der Waals surface area contributed by atoms with E-state index in [-0.39, 0.29) is 12.0 Å². The Balaban J connectivity index is 2.00. The Bertz CT molecular complexity index is 653. The van der Waals surface area contributed by atoms with Crippen molar-refractivity contribution >= 4 is 40.3 Å². The van der Waals surface area contributed by atoms with Crippen molar-refractivity contribution in [1.29, 1.82) is 0 Å². The van der Waals surface area contributed by atoms with Crippen LogP contribution in [-0.4, -0.2) is 48.7 Å². The van der Waals surface area contributed by atoms with E-state index in [1.165, 1.54) is 6.07 Å². The van der Waals surface area contributed by atoms with Crippen molar-refractivity contribution < 1.29 is 4.39 Å². The molecule has 1 aromatic rings. The predicted octanol–water partition coefficient (Wildman–Crippen LogP) is 3.02. The summed E-state index contributed by atoms with van der Waals surface area (Å²) in [6, 6.07) is 5.11. The molecular weight excluding hydrogens is 382 g/mol. The van der Waals surface area contributed by atoms with Crippen LogP contribution in [0.25, 0.3) is 0 Å². The second kappa shape index (κ2) is 5.84. The van der Waals surface area contributed by atoms with Gasteiger partial charge in [-0.25, -0.2) is 14.4 Å². The van der Waals surface area contributed by atoms with E-state index in [9.17, 15) is 4.39 Å². The van der Waals surface area contributed by atoms with E-state index >= 15 is 0 Å². The summed E-state index contributed by atoms with van der Waals surface area (Å²) in [6.07, 6.45) is 4.57. The number of likely N-dealkylation sites (tertiary alicyclic amines) is 1. The minimum atomic E-state index is -0.279. The molecule has 1 unspecified atom stereocenters. The van der Waals surface area contributed by atoms with Gasteiger partial charge in [-0.05, 0) is 47.8 Å². The molecule has 1 atom stereocenters. The molecule has 6 heteroatoms. The number of hydrogen-bond donors (Lipinski definition) is 0. The van der Waals surface area contributed by atoms with E-state index in [2.05, 4.69) is 44.5 Å². The van der Waals surface area contributed by atoms with Gasteiger partial charge in [0.2, 0.25) is 0 Å². The highest BCUT2D eigenvalue weighted by Crippen LogP contribution is 2.28. The largest absolute Gasteiger partial charge is 0.346 e. The molecule has 0 bridgehead atoms. The van der Waals surface area contributed by atoms with Crippen LogP contribution in [0.1, 0.15) is 6.42 Å². The molecule has 0 N–H and O–H groups in total. The van der Waals surface area contributed by atoms with E-state index < -0.39 is 0 Å². The Labute approximate surface area is 137 Å². The number of hydrogen-bond acceptors (Lipinski definition) is 4. The summed E-state index contributed by atoms with van der Waals surface area (Å²) in [4.78, 5) is 13.1. The Morgan fingerprint density at radius 3 is 2.95 bits per heavy atom. The fraction of sp³-hybridized carbons (Fsp3) is 0.333. The highest BCUT2D eigenvalue weighted by atomic mass is 127. The molecule has 21 heavy (non-hydrogen) atoms. The monoisotopic (exact) mass is 398 g/mol. The summed E-state index contributed by atoms with van der Waals surface area (Å²) in [7, 11) is 4.07. The summed E-state index contributed by atoms with van der Waals surface area (Å²) in [5.41, 5.74) is 2.36. The number of piperidine rings is 1. The minimum absolute atomic E-state index is 0.127. The molecule has 3 rings (SSSR count). The van der Waals surface area contributed by atoms with Gasteiger partial charge in [0.1, 0.15) is 12.0 Å². The molecule has 0 aromatic heterocycles. The molecule has 2 aliphatic heterocycles. The van der Waals surface area contributed by atoms with Crippen LogP contribution in [0.3, 0.4) is 0 Å². The van der Waals surface area contributed by atoms with Gasteiger partial charge < -0.3 is 4.90 Å². The van der Waals surface area contributed by atoms with Crippen LogP contribution in [0.4, 0.5) is 10.1 Å². The topological polar surface area (TPSA) is 31.2 Å². The van der Waals surface area contributed by atoms with Gasteiger partial charge in [0.15, 0.2) is 0 Å². The Kier molecular flexibility index (Phi) is 4.08. The third-order valence-corrected chi connectivity index (χ3v) is 4.41. The van der Waals surface area contributed by atoms with Crippen LogP contribution in [-0.2, 0) is 0 Å². The number of halogens is 2. The normalized spacial score (nSPS) is 24.2. The van der Waals surface area contributed by atoms with Gasteiger partial charge in [0, 0.05) is 35.4 Å². The molecule has 2 heterocycles. The third kappa shape index (κ3) is 2.87. The molecule has 4 nitrogen and oxygen atoms in total. The zero-order chi connectivity index (χ0) is 15.0. The fourth-order valence-electron chi connectivity index (χ4n) is 2.73. The van der Waals surface area contributed by atoms with Gasteiger partial charge in [0.05, 0.1) is 17.7 Å². The first-order valence-corrected chi connectivity index (χ1v) is 7.82. The molecule has 0 radical (unpaired) electrons. The summed E-state index contributed by atoms with van der Waals surface area (Å²) in [6.45, 7) is 0.894. The van der Waals surface area contributed by atoms with E-state index in [1.54, 1.807) is 12.4 Å². The molecule has 0 amide bonds. The Hall–Kier alpha value is -1.28. The van der Waals surface area contributed by atoms with Crippen molar-refractivity contribution in [2.75, 3.05) is 20.6 Å². The van der Waals surface area contributed by atoms with Gasteiger partial charge in [-0.15, -0.1) is 0 Å². The maximum Gasteiger partial charge on any atom is 0.149 e. The smallest absolute Gasteiger partial charge is 0.149 e. The Morgan fingerprint density at radius 2 is 2.19 bits per heavy atom. The van der Waals surface area contributed by atoms with Crippen LogP contribution in [0.5, 0.6) is 0 Å². The molecule has 0 spiro atoms. The average Bonchev–Trinajstić information content (AvgIpc) is 2.44. The van der Waals surface area contributed by atoms with Crippen molar-refractivity contribution in [3.8, 4) is 0 Å². The maximum absolute atomic E-state index is 14.0. The van der Waals surface area contributed by atoms with Gasteiger partial charge in [-0.2, -0.15) is 0 Å². The second-order valence-corrected chi connectivity index (χ2v) is 6.52. The van der Waals surface area contributed by atoms with E-state index in [0.717, 1.165) is 27.8 Å². The zero-order valence-corrected chi connectivity index (χ0v) is 14.1. The number of likely N-dealkylation sites (N-methyl/N-ethyl adjacent to an activating group) is 2. The SMILES string of the molecule is CN1C=NC=C2C(=Nc3ccc(I)cc3F)CCN(C)C21. The summed E-state index contributed by atoms with van der Waals surface area (Å²) in [5, 5.41) is 0. The lowest BCUT2D eigenvalue weighted by atomic mass is 9.98. The van der Waals surface area contributed by atoms with Crippen LogP contribution in [0.15, 0.2) is 40.0 Å². The first kappa shape index (κ1) is 14.6. The van der Waals surface area contributed by atoms with E-state index in [1.807, 2.05) is 24.2 Å². The zero-order valence-electron chi connectivity index (χ0n) is 11.9. The van der Waals surface area contributed by atoms with E-state index in [0.29, 0.717) is 5.69 Å². The average molecular weight is 398 g/mol. The first-order chi connectivity index (χ1) is 10.1. The van der Waals surface area contributed by atoms with Crippen LogP contribution in [0.2, 0.25) is 0 Å². The highest BCUT2D eigenvalue weighted by molar-refractivity contribution is 14.1. The molecule has 1 aromatic carbocycles. The van der Waals surface area contributed by atoms with Crippen molar-refractivity contribution in [3.63, 3.8) is 0 Å². The number of fused-ring (bicyclic) bond motifs is 1. The van der Waals surface area contributed by atoms with Crippen LogP contribution >= 0.6 is 22.6 Å². The van der Waals surface area contributed by atoms with Crippen molar-refractivity contribution in [2.24, 2.45) is 9.98 Å². The molecule has 1 fully saturated rings. The van der Waals surface area contributed by atoms with Crippen molar-refractivity contribution in [2.45, 2.75) is 12.6 Å². The molecular formula is C15H16FIN4. The maximum atomic E-state index is 14.0. The predicted molar refractivity (Wildman–Crippen MR) is 91.6 cm³/mol. The molecule has 1 saturated heterocycles. The number of aliphatic imine (C=N–C) groups is 2. The quantitative estimate of drug-likeness (QED) is 0.682.